The molecule has 1 aliphatic carbocycles. The molecule has 0 fully saturated rings. The number of rotatable bonds is 5. The fourth-order valence-electron chi connectivity index (χ4n) is 2.01. The molecular weight excluding hydrogens is 265 g/mol. The fraction of sp³-hybridized carbons (Fsp3) is 0.769. The van der Waals surface area contributed by atoms with Crippen molar-refractivity contribution in [1.29, 1.82) is 0 Å². The van der Waals surface area contributed by atoms with Gasteiger partial charge in [0.15, 0.2) is 6.16 Å². The van der Waals surface area contributed by atoms with Crippen molar-refractivity contribution in [3.05, 3.63) is 11.6 Å². The molecule has 2 atom stereocenters. The van der Waals surface area contributed by atoms with Crippen molar-refractivity contribution in [2.24, 2.45) is 0 Å². The number of amides is 1. The summed E-state index contributed by atoms with van der Waals surface area (Å²) >= 11 is 0. The van der Waals surface area contributed by atoms with Gasteiger partial charge in [0, 0.05) is 0 Å². The summed E-state index contributed by atoms with van der Waals surface area (Å²) in [7, 11) is -2.03. The molecule has 1 amide bonds. The third-order valence-electron chi connectivity index (χ3n) is 2.76. The highest BCUT2D eigenvalue weighted by Crippen LogP contribution is 2.25. The van der Waals surface area contributed by atoms with Gasteiger partial charge in [0.2, 0.25) is 0 Å². The van der Waals surface area contributed by atoms with Crippen molar-refractivity contribution >= 4 is 14.1 Å². The summed E-state index contributed by atoms with van der Waals surface area (Å²) in [5.74, 6) is 0. The van der Waals surface area contributed by atoms with Crippen LogP contribution in [0.25, 0.3) is 0 Å². The Kier molecular flexibility index (Phi) is 5.95. The fourth-order valence-corrected chi connectivity index (χ4v) is 2.44. The monoisotopic (exact) mass is 288 g/mol. The second kappa shape index (κ2) is 7.01. The molecule has 19 heavy (non-hydrogen) atoms. The number of carbonyl (C=O) groups excluding carboxylic acids is 1. The van der Waals surface area contributed by atoms with Crippen molar-refractivity contribution in [1.82, 2.24) is 5.32 Å². The summed E-state index contributed by atoms with van der Waals surface area (Å²) in [5.41, 5.74) is 0.764. The molecule has 0 saturated carbocycles. The molecule has 1 rings (SSSR count). The van der Waals surface area contributed by atoms with Crippen LogP contribution in [0.4, 0.5) is 4.79 Å². The van der Waals surface area contributed by atoms with Gasteiger partial charge in [-0.25, -0.2) is 4.79 Å². The van der Waals surface area contributed by atoms with E-state index in [9.17, 15) is 9.36 Å². The maximum atomic E-state index is 11.6. The molecule has 0 radical (unpaired) electrons. The van der Waals surface area contributed by atoms with E-state index in [1.165, 1.54) is 5.57 Å². The Morgan fingerprint density at radius 1 is 1.58 bits per heavy atom. The summed E-state index contributed by atoms with van der Waals surface area (Å²) in [5, 5.41) is 2.82. The van der Waals surface area contributed by atoms with E-state index in [0.717, 1.165) is 25.7 Å². The zero-order valence-electron chi connectivity index (χ0n) is 11.8. The van der Waals surface area contributed by atoms with Crippen LogP contribution in [0.1, 0.15) is 46.5 Å². The molecule has 2 N–H and O–H groups in total. The minimum atomic E-state index is -2.03. The second-order valence-corrected chi connectivity index (χ2v) is 6.95. The number of nitrogens with one attached hydrogen (secondary N) is 1. The summed E-state index contributed by atoms with van der Waals surface area (Å²) < 4.78 is 15.8. The maximum Gasteiger partial charge on any atom is 0.505 e. The quantitative estimate of drug-likeness (QED) is 0.602. The number of ether oxygens (including phenoxy) is 1. The third-order valence-corrected chi connectivity index (χ3v) is 3.46. The van der Waals surface area contributed by atoms with Crippen molar-refractivity contribution in [2.75, 3.05) is 6.16 Å². The van der Waals surface area contributed by atoms with Crippen LogP contribution >= 0.6 is 8.03 Å². The van der Waals surface area contributed by atoms with Crippen LogP contribution in [0.15, 0.2) is 11.6 Å². The van der Waals surface area contributed by atoms with E-state index in [2.05, 4.69) is 5.32 Å². The van der Waals surface area contributed by atoms with Gasteiger partial charge in [0.1, 0.15) is 5.60 Å². The molecule has 0 aromatic rings. The number of carbonyl (C=O) groups is 1. The summed E-state index contributed by atoms with van der Waals surface area (Å²) in [6, 6.07) is 0.0211. The van der Waals surface area contributed by atoms with Gasteiger partial charge in [-0.05, 0) is 51.0 Å². The molecule has 108 valence electrons. The van der Waals surface area contributed by atoms with Crippen molar-refractivity contribution < 1.29 is 19.0 Å². The molecule has 0 aromatic heterocycles. The predicted octanol–water partition coefficient (Wildman–Crippen LogP) is 3.11. The first kappa shape index (κ1) is 16.1. The maximum absolute atomic E-state index is 11.6. The van der Waals surface area contributed by atoms with Gasteiger partial charge >= 0.3 is 14.1 Å². The molecular formula is C13H23NO4P+. The van der Waals surface area contributed by atoms with Crippen LogP contribution in [0.2, 0.25) is 0 Å². The van der Waals surface area contributed by atoms with Crippen LogP contribution in [0.3, 0.4) is 0 Å². The van der Waals surface area contributed by atoms with Crippen molar-refractivity contribution in [2.45, 2.75) is 58.1 Å². The van der Waals surface area contributed by atoms with E-state index < -0.39 is 19.7 Å². The highest BCUT2D eigenvalue weighted by atomic mass is 31.1. The van der Waals surface area contributed by atoms with E-state index in [-0.39, 0.29) is 6.04 Å². The average Bonchev–Trinajstić information content (AvgIpc) is 2.61. The molecule has 0 bridgehead atoms. The summed E-state index contributed by atoms with van der Waals surface area (Å²) in [6.07, 6.45) is 5.34. The van der Waals surface area contributed by atoms with Crippen LogP contribution in [-0.4, -0.2) is 28.8 Å². The van der Waals surface area contributed by atoms with Gasteiger partial charge in [-0.15, -0.1) is 0 Å². The van der Waals surface area contributed by atoms with Gasteiger partial charge in [0.25, 0.3) is 0 Å². The second-order valence-electron chi connectivity index (χ2n) is 5.80. The van der Waals surface area contributed by atoms with E-state index in [1.54, 1.807) is 0 Å². The molecule has 0 aliphatic heterocycles. The molecule has 0 aromatic carbocycles. The standard InChI is InChI=1S/C13H22NO4P/c1-13(2,3)18-12(15)14-11-7-6-10(9-11)5-4-8-19(16)17/h9,11H,4-8H2,1-3H3,(H-,14,15,16,17)/p+1. The third kappa shape index (κ3) is 7.28. The van der Waals surface area contributed by atoms with E-state index in [4.69, 9.17) is 9.63 Å². The first-order valence-electron chi connectivity index (χ1n) is 6.59. The Hall–Kier alpha value is -0.930. The lowest BCUT2D eigenvalue weighted by atomic mass is 10.1. The van der Waals surface area contributed by atoms with Crippen LogP contribution in [0.5, 0.6) is 0 Å². The number of hydrogen-bond acceptors (Lipinski definition) is 3. The van der Waals surface area contributed by atoms with Crippen LogP contribution in [-0.2, 0) is 9.30 Å². The summed E-state index contributed by atoms with van der Waals surface area (Å²) in [6.45, 7) is 5.50. The zero-order valence-corrected chi connectivity index (χ0v) is 12.7. The SMILES string of the molecule is CC(C)(C)OC(=O)NC1C=C(CCC[P+](=O)O)CC1. The lowest BCUT2D eigenvalue weighted by Crippen LogP contribution is -2.37. The molecule has 5 nitrogen and oxygen atoms in total. The minimum absolute atomic E-state index is 0.0211. The van der Waals surface area contributed by atoms with Crippen LogP contribution < -0.4 is 5.32 Å². The smallest absolute Gasteiger partial charge is 0.444 e. The van der Waals surface area contributed by atoms with E-state index >= 15 is 0 Å². The minimum Gasteiger partial charge on any atom is -0.444 e. The Labute approximate surface area is 115 Å². The van der Waals surface area contributed by atoms with E-state index in [0.29, 0.717) is 6.16 Å². The van der Waals surface area contributed by atoms with Gasteiger partial charge in [-0.2, -0.15) is 4.89 Å². The van der Waals surface area contributed by atoms with E-state index in [1.807, 2.05) is 26.8 Å². The first-order chi connectivity index (χ1) is 8.76. The molecule has 0 saturated heterocycles. The average molecular weight is 288 g/mol. The zero-order chi connectivity index (χ0) is 14.5. The number of hydrogen-bond donors (Lipinski definition) is 2. The van der Waals surface area contributed by atoms with Crippen LogP contribution in [0, 0.1) is 0 Å². The Balaban J connectivity index is 2.31. The normalized spacial score (nSPS) is 19.9. The van der Waals surface area contributed by atoms with Gasteiger partial charge in [-0.1, -0.05) is 11.6 Å². The number of alkyl carbamates (subject to hydrolysis) is 1. The first-order valence-corrected chi connectivity index (χ1v) is 7.98. The molecule has 0 spiro atoms. The Morgan fingerprint density at radius 3 is 2.84 bits per heavy atom. The highest BCUT2D eigenvalue weighted by molar-refractivity contribution is 7.37. The lowest BCUT2D eigenvalue weighted by molar-refractivity contribution is 0.0514. The van der Waals surface area contributed by atoms with Gasteiger partial charge in [-0.3, -0.25) is 0 Å². The molecule has 6 heteroatoms. The topological polar surface area (TPSA) is 75.6 Å². The summed E-state index contributed by atoms with van der Waals surface area (Å²) in [4.78, 5) is 20.3. The highest BCUT2D eigenvalue weighted by Gasteiger charge is 2.22. The van der Waals surface area contributed by atoms with Gasteiger partial charge in [0.05, 0.1) is 6.04 Å². The predicted molar refractivity (Wildman–Crippen MR) is 74.4 cm³/mol. The van der Waals surface area contributed by atoms with Crippen molar-refractivity contribution in [3.63, 3.8) is 0 Å². The Morgan fingerprint density at radius 2 is 2.26 bits per heavy atom. The van der Waals surface area contributed by atoms with Gasteiger partial charge < -0.3 is 10.1 Å². The van der Waals surface area contributed by atoms with Crippen molar-refractivity contribution in [3.8, 4) is 0 Å². The molecule has 0 heterocycles. The molecule has 1 aliphatic rings. The Bertz CT molecular complexity index is 373. The lowest BCUT2D eigenvalue weighted by Gasteiger charge is -2.21. The largest absolute Gasteiger partial charge is 0.505 e. The molecule has 2 unspecified atom stereocenters. The number of allylic oxidation sites excluding steroid dienone is 1.